The van der Waals surface area contributed by atoms with E-state index in [1.54, 1.807) is 7.05 Å². The third-order valence-corrected chi connectivity index (χ3v) is 1.89. The number of benzene rings is 1. The lowest BCUT2D eigenvalue weighted by molar-refractivity contribution is 0.277. The maximum Gasteiger partial charge on any atom is 0.0274 e. The lowest BCUT2D eigenvalue weighted by Crippen LogP contribution is -2.14. The Morgan fingerprint density at radius 2 is 2.00 bits per heavy atom. The topological polar surface area (TPSA) is 34.3 Å². The molecule has 0 amide bonds. The highest BCUT2D eigenvalue weighted by atomic mass is 16.3. The van der Waals surface area contributed by atoms with Crippen LogP contribution in [0.3, 0.4) is 0 Å². The van der Waals surface area contributed by atoms with Gasteiger partial charge in [-0.2, -0.15) is 7.05 Å². The van der Waals surface area contributed by atoms with E-state index < -0.39 is 0 Å². The molecular formula is C10H14NO-. The van der Waals surface area contributed by atoms with Gasteiger partial charge < -0.3 is 10.4 Å². The average Bonchev–Trinajstić information content (AvgIpc) is 2.16. The number of aliphatic hydroxyl groups excluding tert-OH is 1. The van der Waals surface area contributed by atoms with E-state index in [2.05, 4.69) is 5.32 Å². The molecule has 0 bridgehead atoms. The maximum absolute atomic E-state index is 8.89. The summed E-state index contributed by atoms with van der Waals surface area (Å²) >= 11 is 0. The van der Waals surface area contributed by atoms with Gasteiger partial charge in [0, 0.05) is 6.61 Å². The predicted molar refractivity (Wildman–Crippen MR) is 50.3 cm³/mol. The molecule has 0 aliphatic rings. The van der Waals surface area contributed by atoms with Crippen molar-refractivity contribution in [2.75, 3.05) is 13.7 Å². The van der Waals surface area contributed by atoms with Crippen LogP contribution in [0.15, 0.2) is 30.3 Å². The highest BCUT2D eigenvalue weighted by Gasteiger charge is 1.95. The fraction of sp³-hybridized carbons (Fsp3) is 0.400. The second-order valence-electron chi connectivity index (χ2n) is 2.78. The Balaban J connectivity index is 2.51. The normalized spacial score (nSPS) is 12.8. The zero-order chi connectivity index (χ0) is 8.81. The molecule has 0 saturated carbocycles. The minimum atomic E-state index is 0.0485. The Morgan fingerprint density at radius 1 is 1.33 bits per heavy atom. The summed E-state index contributed by atoms with van der Waals surface area (Å²) in [5, 5.41) is 12.9. The summed E-state index contributed by atoms with van der Waals surface area (Å²) in [6.45, 7) is 0.130. The zero-order valence-electron chi connectivity index (χ0n) is 7.27. The lowest BCUT2D eigenvalue weighted by Gasteiger charge is -2.25. The third kappa shape index (κ3) is 2.64. The Morgan fingerprint density at radius 3 is 2.50 bits per heavy atom. The van der Waals surface area contributed by atoms with Crippen LogP contribution in [0.4, 0.5) is 0 Å². The molecule has 0 radical (unpaired) electrons. The smallest absolute Gasteiger partial charge is 0.0274 e. The van der Waals surface area contributed by atoms with Gasteiger partial charge in [0.1, 0.15) is 0 Å². The molecule has 66 valence electrons. The average molecular weight is 164 g/mol. The van der Waals surface area contributed by atoms with Crippen LogP contribution in [0.2, 0.25) is 0 Å². The third-order valence-electron chi connectivity index (χ3n) is 1.89. The molecule has 1 rings (SSSR count). The van der Waals surface area contributed by atoms with Crippen LogP contribution in [0.25, 0.3) is 5.32 Å². The van der Waals surface area contributed by atoms with E-state index in [4.69, 9.17) is 5.11 Å². The molecule has 1 aromatic carbocycles. The molecule has 0 saturated heterocycles. The Hall–Kier alpha value is -0.860. The number of likely N-dealkylation sites (N-methyl/N-ethyl adjacent to an activating group) is 1. The number of nitrogens with zero attached hydrogens (tertiary/aromatic N) is 1. The molecule has 12 heavy (non-hydrogen) atoms. The molecule has 1 N–H and O–H groups in total. The summed E-state index contributed by atoms with van der Waals surface area (Å²) in [4.78, 5) is 0. The van der Waals surface area contributed by atoms with Crippen LogP contribution in [0, 0.1) is 0 Å². The van der Waals surface area contributed by atoms with E-state index in [1.807, 2.05) is 30.3 Å². The van der Waals surface area contributed by atoms with Gasteiger partial charge in [0.05, 0.1) is 0 Å². The molecule has 2 nitrogen and oxygen atoms in total. The summed E-state index contributed by atoms with van der Waals surface area (Å²) in [5.41, 5.74) is 1.22. The van der Waals surface area contributed by atoms with Crippen molar-refractivity contribution in [1.82, 2.24) is 0 Å². The van der Waals surface area contributed by atoms with Gasteiger partial charge in [-0.1, -0.05) is 30.3 Å². The highest BCUT2D eigenvalue weighted by Crippen LogP contribution is 2.07. The Bertz CT molecular complexity index is 206. The molecular weight excluding hydrogens is 150 g/mol. The van der Waals surface area contributed by atoms with Crippen molar-refractivity contribution in [2.45, 2.75) is 12.5 Å². The van der Waals surface area contributed by atoms with E-state index in [9.17, 15) is 0 Å². The summed E-state index contributed by atoms with van der Waals surface area (Å²) in [5.74, 6) is 0. The first-order valence-electron chi connectivity index (χ1n) is 4.10. The number of aliphatic hydroxyl groups is 1. The SMILES string of the molecule is C[N-][C@H](CO)Cc1ccccc1. The van der Waals surface area contributed by atoms with Gasteiger partial charge in [-0.25, -0.2) is 0 Å². The van der Waals surface area contributed by atoms with E-state index in [1.165, 1.54) is 5.56 Å². The highest BCUT2D eigenvalue weighted by molar-refractivity contribution is 5.17. The van der Waals surface area contributed by atoms with Gasteiger partial charge in [-0.15, -0.1) is 6.04 Å². The van der Waals surface area contributed by atoms with Crippen LogP contribution in [-0.2, 0) is 6.42 Å². The number of rotatable bonds is 4. The van der Waals surface area contributed by atoms with Gasteiger partial charge >= 0.3 is 0 Å². The van der Waals surface area contributed by atoms with Crippen LogP contribution in [-0.4, -0.2) is 24.8 Å². The molecule has 0 fully saturated rings. The van der Waals surface area contributed by atoms with Gasteiger partial charge in [0.2, 0.25) is 0 Å². The van der Waals surface area contributed by atoms with E-state index in [-0.39, 0.29) is 12.6 Å². The first-order valence-corrected chi connectivity index (χ1v) is 4.10. The van der Waals surface area contributed by atoms with Crippen molar-refractivity contribution in [3.63, 3.8) is 0 Å². The molecule has 0 unspecified atom stereocenters. The van der Waals surface area contributed by atoms with E-state index >= 15 is 0 Å². The monoisotopic (exact) mass is 164 g/mol. The van der Waals surface area contributed by atoms with Crippen LogP contribution in [0.5, 0.6) is 0 Å². The molecule has 0 spiro atoms. The van der Waals surface area contributed by atoms with Crippen LogP contribution >= 0.6 is 0 Å². The van der Waals surface area contributed by atoms with Crippen molar-refractivity contribution in [1.29, 1.82) is 0 Å². The summed E-state index contributed by atoms with van der Waals surface area (Å²) in [7, 11) is 1.74. The van der Waals surface area contributed by atoms with Crippen molar-refractivity contribution in [2.24, 2.45) is 0 Å². The summed E-state index contributed by atoms with van der Waals surface area (Å²) in [6, 6.07) is 10.1. The quantitative estimate of drug-likeness (QED) is 0.720. The van der Waals surface area contributed by atoms with Gasteiger partial charge in [0.15, 0.2) is 0 Å². The van der Waals surface area contributed by atoms with Gasteiger partial charge in [0.25, 0.3) is 0 Å². The van der Waals surface area contributed by atoms with Crippen molar-refractivity contribution in [3.8, 4) is 0 Å². The Kier molecular flexibility index (Phi) is 3.77. The van der Waals surface area contributed by atoms with Gasteiger partial charge in [-0.05, 0) is 12.0 Å². The standard InChI is InChI=1S/C10H14NO/c1-11-10(8-12)7-9-5-3-2-4-6-9/h2-6,10,12H,7-8H2,1H3/q-1/t10-/m0/s1. The fourth-order valence-corrected chi connectivity index (χ4v) is 1.12. The fourth-order valence-electron chi connectivity index (χ4n) is 1.12. The van der Waals surface area contributed by atoms with Crippen molar-refractivity contribution in [3.05, 3.63) is 41.2 Å². The van der Waals surface area contributed by atoms with E-state index in [0.29, 0.717) is 0 Å². The largest absolute Gasteiger partial charge is 0.660 e. The zero-order valence-corrected chi connectivity index (χ0v) is 7.27. The number of hydrogen-bond donors (Lipinski definition) is 1. The second kappa shape index (κ2) is 4.91. The van der Waals surface area contributed by atoms with Crippen molar-refractivity contribution >= 4 is 0 Å². The molecule has 0 aromatic heterocycles. The summed E-state index contributed by atoms with van der Waals surface area (Å²) < 4.78 is 0. The lowest BCUT2D eigenvalue weighted by atomic mass is 10.1. The first-order chi connectivity index (χ1) is 5.86. The molecule has 0 heterocycles. The van der Waals surface area contributed by atoms with Crippen LogP contribution in [0.1, 0.15) is 5.56 Å². The molecule has 2 heteroatoms. The van der Waals surface area contributed by atoms with Crippen molar-refractivity contribution < 1.29 is 5.11 Å². The summed E-state index contributed by atoms with van der Waals surface area (Å²) in [6.07, 6.45) is 0.827. The Labute approximate surface area is 73.2 Å². The molecule has 1 atom stereocenters. The molecule has 1 aromatic rings. The van der Waals surface area contributed by atoms with Gasteiger partial charge in [-0.3, -0.25) is 0 Å². The molecule has 0 aliphatic heterocycles. The molecule has 0 aliphatic carbocycles. The van der Waals surface area contributed by atoms with Crippen LogP contribution < -0.4 is 0 Å². The minimum absolute atomic E-state index is 0.0485. The maximum atomic E-state index is 8.89. The minimum Gasteiger partial charge on any atom is -0.660 e. The first kappa shape index (κ1) is 9.23. The second-order valence-corrected chi connectivity index (χ2v) is 2.78. The predicted octanol–water partition coefficient (Wildman–Crippen LogP) is 1.59. The van der Waals surface area contributed by atoms with E-state index in [0.717, 1.165) is 6.42 Å². The number of hydrogen-bond acceptors (Lipinski definition) is 1.